The number of anilines is 1. The van der Waals surface area contributed by atoms with Crippen LogP contribution in [-0.4, -0.2) is 37.9 Å². The molecule has 2 N–H and O–H groups in total. The molecule has 152 valence electrons. The first-order valence-corrected chi connectivity index (χ1v) is 10.4. The number of aliphatic hydroxyl groups excluding tert-OH is 1. The molecule has 0 radical (unpaired) electrons. The second-order valence-corrected chi connectivity index (χ2v) is 8.42. The Bertz CT molecular complexity index is 774. The zero-order valence-electron chi connectivity index (χ0n) is 17.0. The molecule has 1 heterocycles. The Morgan fingerprint density at radius 1 is 1.36 bits per heavy atom. The topological polar surface area (TPSA) is 67.8 Å². The van der Waals surface area contributed by atoms with Gasteiger partial charge in [0.1, 0.15) is 5.75 Å². The smallest absolute Gasteiger partial charge is 0.311 e. The number of nitrogens with one attached hydrogen (secondary N) is 1. The monoisotopic (exact) mass is 385 g/mol. The van der Waals surface area contributed by atoms with Gasteiger partial charge in [-0.15, -0.1) is 0 Å². The van der Waals surface area contributed by atoms with Crippen molar-refractivity contribution in [2.75, 3.05) is 26.1 Å². The standard InChI is InChI=1S/C23H31NO4/c1-4-13-10-14-8-9-15-21-19(6-5-7-20(21)27-2)24-22(15)17(14)11-16(13)18(12-25)23(26)28-3/h4-7,14-18,22,24-25H,8-12H2,1-3H3/b13-4+/t14?,15?,16-,17+,18-,22?/m0/s1. The molecule has 3 aliphatic rings. The van der Waals surface area contributed by atoms with Crippen molar-refractivity contribution >= 4 is 11.7 Å². The van der Waals surface area contributed by atoms with E-state index in [4.69, 9.17) is 9.47 Å². The number of carbonyl (C=O) groups is 1. The van der Waals surface area contributed by atoms with Gasteiger partial charge in [0.25, 0.3) is 0 Å². The highest BCUT2D eigenvalue weighted by Gasteiger charge is 2.50. The van der Waals surface area contributed by atoms with Crippen molar-refractivity contribution in [3.8, 4) is 5.75 Å². The lowest BCUT2D eigenvalue weighted by Crippen LogP contribution is -2.46. The third-order valence-electron chi connectivity index (χ3n) is 7.39. The summed E-state index contributed by atoms with van der Waals surface area (Å²) in [5, 5.41) is 13.7. The van der Waals surface area contributed by atoms with Crippen molar-refractivity contribution in [2.45, 2.75) is 44.6 Å². The fourth-order valence-electron chi connectivity index (χ4n) is 6.08. The van der Waals surface area contributed by atoms with E-state index in [2.05, 4.69) is 30.4 Å². The molecule has 2 fully saturated rings. The first-order valence-electron chi connectivity index (χ1n) is 10.4. The second kappa shape index (κ2) is 7.78. The van der Waals surface area contributed by atoms with Crippen LogP contribution in [0.4, 0.5) is 5.69 Å². The van der Waals surface area contributed by atoms with E-state index in [0.29, 0.717) is 23.8 Å². The lowest BCUT2D eigenvalue weighted by Gasteiger charge is -2.47. The van der Waals surface area contributed by atoms with E-state index in [-0.39, 0.29) is 18.5 Å². The number of carbonyl (C=O) groups excluding carboxylic acids is 1. The fourth-order valence-corrected chi connectivity index (χ4v) is 6.08. The molecule has 0 amide bonds. The van der Waals surface area contributed by atoms with E-state index < -0.39 is 5.92 Å². The maximum atomic E-state index is 12.3. The van der Waals surface area contributed by atoms with Crippen molar-refractivity contribution < 1.29 is 19.4 Å². The summed E-state index contributed by atoms with van der Waals surface area (Å²) in [6, 6.07) is 6.60. The van der Waals surface area contributed by atoms with Gasteiger partial charge in [-0.1, -0.05) is 17.7 Å². The Balaban J connectivity index is 1.64. The van der Waals surface area contributed by atoms with Gasteiger partial charge in [0.2, 0.25) is 0 Å². The summed E-state index contributed by atoms with van der Waals surface area (Å²) in [5.41, 5.74) is 3.81. The van der Waals surface area contributed by atoms with Crippen LogP contribution in [0.1, 0.15) is 44.1 Å². The number of aliphatic hydroxyl groups is 1. The molecule has 28 heavy (non-hydrogen) atoms. The maximum absolute atomic E-state index is 12.3. The number of ether oxygens (including phenoxy) is 2. The van der Waals surface area contributed by atoms with Crippen molar-refractivity contribution in [1.29, 1.82) is 0 Å². The molecular weight excluding hydrogens is 354 g/mol. The van der Waals surface area contributed by atoms with Crippen LogP contribution in [0.3, 0.4) is 0 Å². The molecule has 5 nitrogen and oxygen atoms in total. The summed E-state index contributed by atoms with van der Waals surface area (Å²) in [4.78, 5) is 12.3. The quantitative estimate of drug-likeness (QED) is 0.610. The van der Waals surface area contributed by atoms with Crippen molar-refractivity contribution in [1.82, 2.24) is 0 Å². The summed E-state index contributed by atoms with van der Waals surface area (Å²) in [6.07, 6.45) is 6.43. The first kappa shape index (κ1) is 19.3. The van der Waals surface area contributed by atoms with Gasteiger partial charge in [0.15, 0.2) is 0 Å². The number of allylic oxidation sites excluding steroid dienone is 2. The molecule has 6 atom stereocenters. The van der Waals surface area contributed by atoms with E-state index >= 15 is 0 Å². The molecule has 2 saturated carbocycles. The van der Waals surface area contributed by atoms with Crippen LogP contribution in [0.15, 0.2) is 29.8 Å². The summed E-state index contributed by atoms with van der Waals surface area (Å²) >= 11 is 0. The molecule has 3 unspecified atom stereocenters. The number of methoxy groups -OCH3 is 2. The van der Waals surface area contributed by atoms with Crippen LogP contribution >= 0.6 is 0 Å². The lowest BCUT2D eigenvalue weighted by atomic mass is 9.59. The average molecular weight is 386 g/mol. The van der Waals surface area contributed by atoms with Gasteiger partial charge in [-0.25, -0.2) is 0 Å². The molecular formula is C23H31NO4. The SMILES string of the molecule is C/C=C1\CC2CCC3c4c(cccc4OC)NC3[C@@H]2C[C@@H]1[C@H](CO)C(=O)OC. The third-order valence-corrected chi connectivity index (χ3v) is 7.39. The molecule has 4 rings (SSSR count). The van der Waals surface area contributed by atoms with Crippen molar-refractivity contribution in [2.24, 2.45) is 23.7 Å². The van der Waals surface area contributed by atoms with Gasteiger partial charge in [0.05, 0.1) is 26.7 Å². The van der Waals surface area contributed by atoms with Gasteiger partial charge in [-0.3, -0.25) is 4.79 Å². The number of benzene rings is 1. The Morgan fingerprint density at radius 3 is 2.86 bits per heavy atom. The van der Waals surface area contributed by atoms with Crippen LogP contribution in [0, 0.1) is 23.7 Å². The molecule has 0 bridgehead atoms. The third kappa shape index (κ3) is 3.00. The number of fused-ring (bicyclic) bond motifs is 5. The van der Waals surface area contributed by atoms with Crippen molar-refractivity contribution in [3.05, 3.63) is 35.4 Å². The molecule has 5 heteroatoms. The van der Waals surface area contributed by atoms with Crippen LogP contribution in [-0.2, 0) is 9.53 Å². The minimum absolute atomic E-state index is 0.0508. The summed E-state index contributed by atoms with van der Waals surface area (Å²) in [5.74, 6) is 1.79. The highest BCUT2D eigenvalue weighted by molar-refractivity contribution is 5.73. The highest BCUT2D eigenvalue weighted by atomic mass is 16.5. The van der Waals surface area contributed by atoms with E-state index in [0.717, 1.165) is 25.0 Å². The van der Waals surface area contributed by atoms with Gasteiger partial charge in [-0.05, 0) is 62.5 Å². The fraction of sp³-hybridized carbons (Fsp3) is 0.609. The van der Waals surface area contributed by atoms with Crippen LogP contribution in [0.25, 0.3) is 0 Å². The summed E-state index contributed by atoms with van der Waals surface area (Å²) in [7, 11) is 3.15. The Morgan fingerprint density at radius 2 is 2.18 bits per heavy atom. The molecule has 0 spiro atoms. The predicted octanol–water partition coefficient (Wildman–Crippen LogP) is 3.74. The molecule has 1 aliphatic heterocycles. The molecule has 0 aromatic heterocycles. The largest absolute Gasteiger partial charge is 0.496 e. The van der Waals surface area contributed by atoms with Gasteiger partial charge < -0.3 is 19.9 Å². The van der Waals surface area contributed by atoms with E-state index in [1.807, 2.05) is 6.07 Å². The number of hydrogen-bond donors (Lipinski definition) is 2. The van der Waals surface area contributed by atoms with E-state index in [1.165, 1.54) is 30.4 Å². The Labute approximate surface area is 167 Å². The van der Waals surface area contributed by atoms with Crippen LogP contribution < -0.4 is 10.1 Å². The van der Waals surface area contributed by atoms with Crippen LogP contribution in [0.2, 0.25) is 0 Å². The first-order chi connectivity index (χ1) is 13.6. The number of rotatable bonds is 4. The predicted molar refractivity (Wildman–Crippen MR) is 108 cm³/mol. The normalized spacial score (nSPS) is 33.3. The molecule has 1 aromatic carbocycles. The summed E-state index contributed by atoms with van der Waals surface area (Å²) < 4.78 is 10.7. The van der Waals surface area contributed by atoms with Gasteiger partial charge in [0, 0.05) is 23.2 Å². The highest BCUT2D eigenvalue weighted by Crippen LogP contribution is 2.56. The van der Waals surface area contributed by atoms with Gasteiger partial charge in [-0.2, -0.15) is 0 Å². The van der Waals surface area contributed by atoms with E-state index in [9.17, 15) is 9.90 Å². The molecule has 1 aromatic rings. The number of esters is 1. The lowest BCUT2D eigenvalue weighted by molar-refractivity contribution is -0.149. The number of hydrogen-bond acceptors (Lipinski definition) is 5. The van der Waals surface area contributed by atoms with E-state index in [1.54, 1.807) is 7.11 Å². The zero-order valence-corrected chi connectivity index (χ0v) is 17.0. The maximum Gasteiger partial charge on any atom is 0.311 e. The minimum Gasteiger partial charge on any atom is -0.496 e. The zero-order chi connectivity index (χ0) is 19.8. The van der Waals surface area contributed by atoms with Crippen LogP contribution in [0.5, 0.6) is 5.75 Å². The molecule has 2 aliphatic carbocycles. The van der Waals surface area contributed by atoms with Gasteiger partial charge >= 0.3 is 5.97 Å². The Kier molecular flexibility index (Phi) is 5.37. The average Bonchev–Trinajstić information content (AvgIpc) is 3.12. The minimum atomic E-state index is -0.476. The summed E-state index contributed by atoms with van der Waals surface area (Å²) in [6.45, 7) is 1.89. The van der Waals surface area contributed by atoms with Crippen molar-refractivity contribution in [3.63, 3.8) is 0 Å². The second-order valence-electron chi connectivity index (χ2n) is 8.42. The molecule has 0 saturated heterocycles. The Hall–Kier alpha value is -2.01.